The fourth-order valence-electron chi connectivity index (χ4n) is 2.22. The molecule has 0 aliphatic heterocycles. The molecule has 0 aliphatic rings. The SMILES string of the molecule is CCN(CC)CCCNC(=O)C(=O)Nc1cc(OC)ccc1OC. The summed E-state index contributed by atoms with van der Waals surface area (Å²) in [7, 11) is 3.01. The van der Waals surface area contributed by atoms with E-state index >= 15 is 0 Å². The van der Waals surface area contributed by atoms with Crippen LogP contribution in [0.4, 0.5) is 5.69 Å². The molecule has 0 unspecified atom stereocenters. The number of anilines is 1. The summed E-state index contributed by atoms with van der Waals surface area (Å²) >= 11 is 0. The van der Waals surface area contributed by atoms with Crippen LogP contribution < -0.4 is 20.1 Å². The maximum absolute atomic E-state index is 12.0. The van der Waals surface area contributed by atoms with Gasteiger partial charge in [-0.05, 0) is 38.2 Å². The highest BCUT2D eigenvalue weighted by atomic mass is 16.5. The molecule has 0 saturated heterocycles. The smallest absolute Gasteiger partial charge is 0.313 e. The average Bonchev–Trinajstić information content (AvgIpc) is 2.61. The van der Waals surface area contributed by atoms with E-state index in [4.69, 9.17) is 9.47 Å². The van der Waals surface area contributed by atoms with Crippen LogP contribution in [0.2, 0.25) is 0 Å². The van der Waals surface area contributed by atoms with Crippen molar-refractivity contribution in [3.05, 3.63) is 18.2 Å². The Morgan fingerprint density at radius 2 is 1.79 bits per heavy atom. The number of hydrogen-bond donors (Lipinski definition) is 2. The van der Waals surface area contributed by atoms with Crippen molar-refractivity contribution in [2.45, 2.75) is 20.3 Å². The van der Waals surface area contributed by atoms with Crippen LogP contribution in [0.15, 0.2) is 18.2 Å². The number of benzene rings is 1. The van der Waals surface area contributed by atoms with Gasteiger partial charge in [0.15, 0.2) is 0 Å². The third-order valence-corrected chi connectivity index (χ3v) is 3.69. The molecular formula is C17H27N3O4. The van der Waals surface area contributed by atoms with Crippen LogP contribution in [-0.2, 0) is 9.59 Å². The fourth-order valence-corrected chi connectivity index (χ4v) is 2.22. The molecule has 0 bridgehead atoms. The molecule has 0 saturated carbocycles. The van der Waals surface area contributed by atoms with Gasteiger partial charge >= 0.3 is 11.8 Å². The first kappa shape index (κ1) is 19.8. The van der Waals surface area contributed by atoms with Crippen molar-refractivity contribution >= 4 is 17.5 Å². The fraction of sp³-hybridized carbons (Fsp3) is 0.529. The van der Waals surface area contributed by atoms with E-state index in [9.17, 15) is 9.59 Å². The number of nitrogens with one attached hydrogen (secondary N) is 2. The summed E-state index contributed by atoms with van der Waals surface area (Å²) in [6.45, 7) is 7.48. The third kappa shape index (κ3) is 6.08. The van der Waals surface area contributed by atoms with Gasteiger partial charge in [0.25, 0.3) is 0 Å². The van der Waals surface area contributed by atoms with Gasteiger partial charge in [-0.1, -0.05) is 13.8 Å². The molecule has 7 nitrogen and oxygen atoms in total. The van der Waals surface area contributed by atoms with E-state index in [0.29, 0.717) is 23.7 Å². The lowest BCUT2D eigenvalue weighted by Gasteiger charge is -2.17. The average molecular weight is 337 g/mol. The van der Waals surface area contributed by atoms with Crippen LogP contribution in [0.25, 0.3) is 0 Å². The second-order valence-corrected chi connectivity index (χ2v) is 5.16. The summed E-state index contributed by atoms with van der Waals surface area (Å²) in [6, 6.07) is 4.97. The molecule has 0 fully saturated rings. The highest BCUT2D eigenvalue weighted by molar-refractivity contribution is 6.39. The molecule has 0 spiro atoms. The van der Waals surface area contributed by atoms with Gasteiger partial charge in [0, 0.05) is 12.6 Å². The molecule has 134 valence electrons. The van der Waals surface area contributed by atoms with Gasteiger partial charge < -0.3 is 25.0 Å². The van der Waals surface area contributed by atoms with Crippen molar-refractivity contribution < 1.29 is 19.1 Å². The number of nitrogens with zero attached hydrogens (tertiary/aromatic N) is 1. The first-order chi connectivity index (χ1) is 11.5. The Morgan fingerprint density at radius 1 is 1.08 bits per heavy atom. The lowest BCUT2D eigenvalue weighted by Crippen LogP contribution is -2.37. The van der Waals surface area contributed by atoms with E-state index in [1.54, 1.807) is 18.2 Å². The standard InChI is InChI=1S/C17H27N3O4/c1-5-20(6-2)11-7-10-18-16(21)17(22)19-14-12-13(23-3)8-9-15(14)24-4/h8-9,12H,5-7,10-11H2,1-4H3,(H,18,21)(H,19,22). The number of hydrogen-bond acceptors (Lipinski definition) is 5. The predicted octanol–water partition coefficient (Wildman–Crippen LogP) is 1.49. The molecule has 7 heteroatoms. The molecule has 0 aromatic heterocycles. The first-order valence-electron chi connectivity index (χ1n) is 8.09. The zero-order valence-electron chi connectivity index (χ0n) is 14.8. The lowest BCUT2D eigenvalue weighted by atomic mass is 10.2. The summed E-state index contributed by atoms with van der Waals surface area (Å²) in [5, 5.41) is 5.16. The molecule has 0 aliphatic carbocycles. The molecule has 0 radical (unpaired) electrons. The van der Waals surface area contributed by atoms with Crippen molar-refractivity contribution in [3.8, 4) is 11.5 Å². The van der Waals surface area contributed by atoms with Crippen molar-refractivity contribution in [2.24, 2.45) is 0 Å². The van der Waals surface area contributed by atoms with Gasteiger partial charge in [0.1, 0.15) is 11.5 Å². The van der Waals surface area contributed by atoms with Gasteiger partial charge in [0.2, 0.25) is 0 Å². The normalized spacial score (nSPS) is 10.4. The Kier molecular flexibility index (Phi) is 8.64. The van der Waals surface area contributed by atoms with E-state index in [0.717, 1.165) is 26.1 Å². The minimum atomic E-state index is -0.732. The summed E-state index contributed by atoms with van der Waals surface area (Å²) in [5.41, 5.74) is 0.389. The van der Waals surface area contributed by atoms with E-state index in [-0.39, 0.29) is 0 Å². The van der Waals surface area contributed by atoms with E-state index in [1.165, 1.54) is 14.2 Å². The Morgan fingerprint density at radius 3 is 2.38 bits per heavy atom. The Balaban J connectivity index is 2.51. The van der Waals surface area contributed by atoms with Gasteiger partial charge in [-0.25, -0.2) is 0 Å². The minimum Gasteiger partial charge on any atom is -0.497 e. The van der Waals surface area contributed by atoms with Gasteiger partial charge in [-0.2, -0.15) is 0 Å². The van der Waals surface area contributed by atoms with E-state index in [1.807, 2.05) is 0 Å². The maximum Gasteiger partial charge on any atom is 0.313 e. The van der Waals surface area contributed by atoms with E-state index in [2.05, 4.69) is 29.4 Å². The van der Waals surface area contributed by atoms with Crippen LogP contribution in [0.5, 0.6) is 11.5 Å². The Hall–Kier alpha value is -2.28. The number of carbonyl (C=O) groups is 2. The number of methoxy groups -OCH3 is 2. The highest BCUT2D eigenvalue weighted by Crippen LogP contribution is 2.28. The minimum absolute atomic E-state index is 0.389. The number of ether oxygens (including phenoxy) is 2. The van der Waals surface area contributed by atoms with Gasteiger partial charge in [-0.3, -0.25) is 9.59 Å². The zero-order chi connectivity index (χ0) is 17.9. The van der Waals surface area contributed by atoms with Crippen molar-refractivity contribution in [3.63, 3.8) is 0 Å². The van der Waals surface area contributed by atoms with Crippen molar-refractivity contribution in [1.82, 2.24) is 10.2 Å². The second kappa shape index (κ2) is 10.5. The number of carbonyl (C=O) groups excluding carboxylic acids is 2. The summed E-state index contributed by atoms with van der Waals surface area (Å²) in [6.07, 6.45) is 0.795. The number of amides is 2. The van der Waals surface area contributed by atoms with Gasteiger partial charge in [-0.15, -0.1) is 0 Å². The zero-order valence-corrected chi connectivity index (χ0v) is 14.8. The Bertz CT molecular complexity index is 545. The maximum atomic E-state index is 12.0. The van der Waals surface area contributed by atoms with Crippen molar-refractivity contribution in [1.29, 1.82) is 0 Å². The molecule has 1 aromatic carbocycles. The van der Waals surface area contributed by atoms with Crippen LogP contribution >= 0.6 is 0 Å². The first-order valence-corrected chi connectivity index (χ1v) is 8.09. The largest absolute Gasteiger partial charge is 0.497 e. The van der Waals surface area contributed by atoms with Crippen molar-refractivity contribution in [2.75, 3.05) is 45.7 Å². The lowest BCUT2D eigenvalue weighted by molar-refractivity contribution is -0.136. The molecule has 0 heterocycles. The monoisotopic (exact) mass is 337 g/mol. The van der Waals surface area contributed by atoms with Crippen LogP contribution in [0, 0.1) is 0 Å². The molecule has 1 aromatic rings. The second-order valence-electron chi connectivity index (χ2n) is 5.16. The highest BCUT2D eigenvalue weighted by Gasteiger charge is 2.16. The Labute approximate surface area is 143 Å². The topological polar surface area (TPSA) is 79.9 Å². The molecule has 0 atom stereocenters. The number of rotatable bonds is 9. The van der Waals surface area contributed by atoms with E-state index < -0.39 is 11.8 Å². The molecule has 2 amide bonds. The summed E-state index contributed by atoms with van der Waals surface area (Å²) in [5.74, 6) is -0.381. The van der Waals surface area contributed by atoms with Crippen LogP contribution in [0.3, 0.4) is 0 Å². The predicted molar refractivity (Wildman–Crippen MR) is 93.6 cm³/mol. The summed E-state index contributed by atoms with van der Waals surface area (Å²) < 4.78 is 10.3. The molecule has 1 rings (SSSR count). The molecule has 2 N–H and O–H groups in total. The third-order valence-electron chi connectivity index (χ3n) is 3.69. The van der Waals surface area contributed by atoms with Crippen LogP contribution in [-0.4, -0.2) is 57.1 Å². The quantitative estimate of drug-likeness (QED) is 0.527. The van der Waals surface area contributed by atoms with Crippen LogP contribution in [0.1, 0.15) is 20.3 Å². The summed E-state index contributed by atoms with van der Waals surface area (Å²) in [4.78, 5) is 26.1. The molecule has 24 heavy (non-hydrogen) atoms. The van der Waals surface area contributed by atoms with Gasteiger partial charge in [0.05, 0.1) is 19.9 Å². The molecular weight excluding hydrogens is 310 g/mol.